The molecule has 1 aromatic heterocycles. The van der Waals surface area contributed by atoms with Gasteiger partial charge in [-0.3, -0.25) is 9.59 Å². The van der Waals surface area contributed by atoms with Crippen molar-refractivity contribution in [2.45, 2.75) is 32.9 Å². The number of H-pyrrole nitrogens is 1. The van der Waals surface area contributed by atoms with Gasteiger partial charge in [0.1, 0.15) is 0 Å². The van der Waals surface area contributed by atoms with Crippen LogP contribution in [0.1, 0.15) is 41.2 Å². The summed E-state index contributed by atoms with van der Waals surface area (Å²) in [5.41, 5.74) is 6.09. The van der Waals surface area contributed by atoms with Gasteiger partial charge in [0.15, 0.2) is 0 Å². The molecule has 174 valence electrons. The SMILES string of the molecule is Cc1cc(C(=O)N2CC(C)NC(C)C2)c(C=C2C(=O)Nc3cccc(-c4ccc(Cl)cc4)c32)[nH]1. The predicted molar refractivity (Wildman–Crippen MR) is 137 cm³/mol. The number of hydrogen-bond acceptors (Lipinski definition) is 3. The highest BCUT2D eigenvalue weighted by molar-refractivity contribution is 6.36. The first kappa shape index (κ1) is 22.4. The van der Waals surface area contributed by atoms with E-state index in [1.807, 2.05) is 60.4 Å². The van der Waals surface area contributed by atoms with Gasteiger partial charge in [0.05, 0.1) is 16.8 Å². The molecule has 0 radical (unpaired) electrons. The highest BCUT2D eigenvalue weighted by Crippen LogP contribution is 2.40. The maximum Gasteiger partial charge on any atom is 0.256 e. The smallest absolute Gasteiger partial charge is 0.256 e. The van der Waals surface area contributed by atoms with E-state index in [0.29, 0.717) is 34.9 Å². The van der Waals surface area contributed by atoms with Gasteiger partial charge >= 0.3 is 0 Å². The molecule has 2 aromatic carbocycles. The van der Waals surface area contributed by atoms with Crippen LogP contribution in [0.4, 0.5) is 5.69 Å². The zero-order valence-corrected chi connectivity index (χ0v) is 20.2. The molecule has 1 fully saturated rings. The Kier molecular flexibility index (Phi) is 5.80. The van der Waals surface area contributed by atoms with E-state index in [1.54, 1.807) is 6.08 Å². The average Bonchev–Trinajstić information content (AvgIpc) is 3.32. The molecule has 0 spiro atoms. The maximum atomic E-state index is 13.5. The lowest BCUT2D eigenvalue weighted by atomic mass is 9.94. The van der Waals surface area contributed by atoms with Gasteiger partial charge in [-0.15, -0.1) is 0 Å². The molecule has 2 atom stereocenters. The van der Waals surface area contributed by atoms with Gasteiger partial charge in [-0.1, -0.05) is 35.9 Å². The lowest BCUT2D eigenvalue weighted by molar-refractivity contribution is -0.110. The van der Waals surface area contributed by atoms with E-state index in [-0.39, 0.29) is 23.9 Å². The summed E-state index contributed by atoms with van der Waals surface area (Å²) in [6.07, 6.45) is 1.80. The summed E-state index contributed by atoms with van der Waals surface area (Å²) in [4.78, 5) is 31.7. The number of carbonyl (C=O) groups excluding carboxylic acids is 2. The summed E-state index contributed by atoms with van der Waals surface area (Å²) in [6, 6.07) is 15.7. The van der Waals surface area contributed by atoms with Crippen LogP contribution in [0.5, 0.6) is 0 Å². The van der Waals surface area contributed by atoms with Gasteiger partial charge in [0.25, 0.3) is 11.8 Å². The number of aromatic amines is 1. The van der Waals surface area contributed by atoms with E-state index in [9.17, 15) is 9.59 Å². The number of benzene rings is 2. The first-order valence-corrected chi connectivity index (χ1v) is 11.8. The standard InChI is InChI=1S/C27H27ClN4O2/c1-15-11-21(27(34)32-13-16(2)29-17(3)14-32)24(30-15)12-22-25-20(18-7-9-19(28)10-8-18)5-4-6-23(25)31-26(22)33/h4-12,16-17,29-30H,13-14H2,1-3H3,(H,31,33). The van der Waals surface area contributed by atoms with Crippen molar-refractivity contribution in [1.29, 1.82) is 0 Å². The zero-order valence-electron chi connectivity index (χ0n) is 19.4. The third kappa shape index (κ3) is 4.15. The number of amides is 2. The summed E-state index contributed by atoms with van der Waals surface area (Å²) in [6.45, 7) is 7.38. The minimum atomic E-state index is -0.188. The number of nitrogens with zero attached hydrogens (tertiary/aromatic N) is 1. The highest BCUT2D eigenvalue weighted by Gasteiger charge is 2.30. The Morgan fingerprint density at radius 1 is 1.09 bits per heavy atom. The summed E-state index contributed by atoms with van der Waals surface area (Å²) in [7, 11) is 0. The van der Waals surface area contributed by atoms with Crippen LogP contribution >= 0.6 is 11.6 Å². The van der Waals surface area contributed by atoms with Crippen molar-refractivity contribution >= 4 is 40.8 Å². The van der Waals surface area contributed by atoms with Gasteiger partial charge in [0.2, 0.25) is 0 Å². The fourth-order valence-electron chi connectivity index (χ4n) is 4.97. The van der Waals surface area contributed by atoms with Crippen molar-refractivity contribution in [2.24, 2.45) is 0 Å². The second kappa shape index (κ2) is 8.78. The van der Waals surface area contributed by atoms with Crippen molar-refractivity contribution in [1.82, 2.24) is 15.2 Å². The van der Waals surface area contributed by atoms with Crippen LogP contribution < -0.4 is 10.6 Å². The molecule has 2 amide bonds. The van der Waals surface area contributed by atoms with Crippen molar-refractivity contribution in [2.75, 3.05) is 18.4 Å². The van der Waals surface area contributed by atoms with E-state index in [4.69, 9.17) is 11.6 Å². The number of halogens is 1. The molecule has 3 N–H and O–H groups in total. The number of carbonyl (C=O) groups is 2. The molecule has 2 unspecified atom stereocenters. The Morgan fingerprint density at radius 2 is 1.79 bits per heavy atom. The molecular formula is C27H27ClN4O2. The van der Waals surface area contributed by atoms with Crippen LogP contribution in [0, 0.1) is 6.92 Å². The third-order valence-electron chi connectivity index (χ3n) is 6.33. The van der Waals surface area contributed by atoms with E-state index in [1.165, 1.54) is 0 Å². The Balaban J connectivity index is 1.57. The number of aryl methyl sites for hydroxylation is 1. The van der Waals surface area contributed by atoms with E-state index >= 15 is 0 Å². The quantitative estimate of drug-likeness (QED) is 0.469. The van der Waals surface area contributed by atoms with Crippen molar-refractivity contribution in [3.63, 3.8) is 0 Å². The van der Waals surface area contributed by atoms with Crippen LogP contribution in [0.3, 0.4) is 0 Å². The number of aromatic nitrogens is 1. The van der Waals surface area contributed by atoms with Crippen molar-refractivity contribution < 1.29 is 9.59 Å². The second-order valence-corrected chi connectivity index (χ2v) is 9.64. The molecule has 6 nitrogen and oxygen atoms in total. The van der Waals surface area contributed by atoms with Crippen LogP contribution in [-0.2, 0) is 4.79 Å². The fraction of sp³-hybridized carbons (Fsp3) is 0.259. The van der Waals surface area contributed by atoms with E-state index < -0.39 is 0 Å². The second-order valence-electron chi connectivity index (χ2n) is 9.21. The molecule has 1 saturated heterocycles. The Labute approximate surface area is 204 Å². The van der Waals surface area contributed by atoms with Gasteiger partial charge in [-0.25, -0.2) is 0 Å². The number of hydrogen-bond donors (Lipinski definition) is 3. The minimum absolute atomic E-state index is 0.0268. The van der Waals surface area contributed by atoms with Gasteiger partial charge < -0.3 is 20.5 Å². The number of rotatable bonds is 3. The molecule has 34 heavy (non-hydrogen) atoms. The molecule has 0 bridgehead atoms. The summed E-state index contributed by atoms with van der Waals surface area (Å²) >= 11 is 6.09. The number of piperazine rings is 1. The monoisotopic (exact) mass is 474 g/mol. The van der Waals surface area contributed by atoms with Gasteiger partial charge in [-0.05, 0) is 62.2 Å². The van der Waals surface area contributed by atoms with Crippen molar-refractivity contribution in [3.05, 3.63) is 76.1 Å². The molecule has 7 heteroatoms. The lowest BCUT2D eigenvalue weighted by Gasteiger charge is -2.36. The zero-order chi connectivity index (χ0) is 24.0. The molecular weight excluding hydrogens is 448 g/mol. The summed E-state index contributed by atoms with van der Waals surface area (Å²) in [5.74, 6) is -0.215. The van der Waals surface area contributed by atoms with Gasteiger partial charge in [0, 0.05) is 47.1 Å². The largest absolute Gasteiger partial charge is 0.358 e. The maximum absolute atomic E-state index is 13.5. The molecule has 2 aliphatic heterocycles. The number of anilines is 1. The lowest BCUT2D eigenvalue weighted by Crippen LogP contribution is -2.55. The number of fused-ring (bicyclic) bond motifs is 1. The van der Waals surface area contributed by atoms with Crippen LogP contribution in [0.2, 0.25) is 5.02 Å². The van der Waals surface area contributed by atoms with E-state index in [0.717, 1.165) is 28.1 Å². The third-order valence-corrected chi connectivity index (χ3v) is 6.58. The Morgan fingerprint density at radius 3 is 2.50 bits per heavy atom. The molecule has 0 aliphatic carbocycles. The molecule has 3 aromatic rings. The molecule has 2 aliphatic rings. The molecule has 5 rings (SSSR count). The number of nitrogens with one attached hydrogen (secondary N) is 3. The van der Waals surface area contributed by atoms with Crippen LogP contribution in [-0.4, -0.2) is 46.9 Å². The average molecular weight is 475 g/mol. The summed E-state index contributed by atoms with van der Waals surface area (Å²) in [5, 5.41) is 7.09. The normalized spacial score (nSPS) is 21.0. The molecule has 0 saturated carbocycles. The fourth-order valence-corrected chi connectivity index (χ4v) is 5.09. The highest BCUT2D eigenvalue weighted by atomic mass is 35.5. The first-order valence-electron chi connectivity index (χ1n) is 11.5. The van der Waals surface area contributed by atoms with Crippen LogP contribution in [0.15, 0.2) is 48.5 Å². The topological polar surface area (TPSA) is 77.2 Å². The first-order chi connectivity index (χ1) is 16.3. The van der Waals surface area contributed by atoms with Crippen molar-refractivity contribution in [3.8, 4) is 11.1 Å². The van der Waals surface area contributed by atoms with Crippen LogP contribution in [0.25, 0.3) is 22.8 Å². The Hall–Kier alpha value is -3.35. The summed E-state index contributed by atoms with van der Waals surface area (Å²) < 4.78 is 0. The van der Waals surface area contributed by atoms with E-state index in [2.05, 4.69) is 29.5 Å². The Bertz CT molecular complexity index is 1300. The molecule has 3 heterocycles. The predicted octanol–water partition coefficient (Wildman–Crippen LogP) is 4.96. The van der Waals surface area contributed by atoms with Gasteiger partial charge in [-0.2, -0.15) is 0 Å². The minimum Gasteiger partial charge on any atom is -0.358 e.